The van der Waals surface area contributed by atoms with Crippen LogP contribution >= 0.6 is 0 Å². The molecule has 7 nitrogen and oxygen atoms in total. The minimum absolute atomic E-state index is 0.0782. The molecule has 1 amide bonds. The van der Waals surface area contributed by atoms with Gasteiger partial charge < -0.3 is 29.3 Å². The molecule has 1 N–H and O–H groups in total. The maximum atomic E-state index is 12.6. The number of anilines is 2. The zero-order valence-electron chi connectivity index (χ0n) is 16.6. The highest BCUT2D eigenvalue weighted by atomic mass is 16.5. The van der Waals surface area contributed by atoms with Gasteiger partial charge in [-0.05, 0) is 24.3 Å². The Morgan fingerprint density at radius 1 is 0.893 bits per heavy atom. The van der Waals surface area contributed by atoms with E-state index in [1.165, 1.54) is 0 Å². The van der Waals surface area contributed by atoms with Crippen molar-refractivity contribution in [2.45, 2.75) is 0 Å². The average Bonchev–Trinajstić information content (AvgIpc) is 2.77. The number of rotatable bonds is 7. The van der Waals surface area contributed by atoms with E-state index in [1.54, 1.807) is 21.3 Å². The minimum Gasteiger partial charge on any atom is -0.495 e. The summed E-state index contributed by atoms with van der Waals surface area (Å²) in [5.41, 5.74) is 1.89. The number of hydrogen-bond donors (Lipinski definition) is 1. The van der Waals surface area contributed by atoms with Gasteiger partial charge in [-0.25, -0.2) is 0 Å². The molecule has 1 aliphatic rings. The average molecular weight is 385 g/mol. The minimum atomic E-state index is 0.0782. The first-order valence-electron chi connectivity index (χ1n) is 9.28. The summed E-state index contributed by atoms with van der Waals surface area (Å²) in [6.07, 6.45) is 0. The van der Waals surface area contributed by atoms with Gasteiger partial charge in [0.05, 0.1) is 33.6 Å². The van der Waals surface area contributed by atoms with Crippen LogP contribution in [0.4, 0.5) is 11.4 Å². The third-order valence-electron chi connectivity index (χ3n) is 4.89. The van der Waals surface area contributed by atoms with Crippen LogP contribution in [0.15, 0.2) is 42.5 Å². The number of nitrogens with zero attached hydrogens (tertiary/aromatic N) is 2. The van der Waals surface area contributed by atoms with Crippen molar-refractivity contribution in [2.24, 2.45) is 0 Å². The first-order valence-corrected chi connectivity index (χ1v) is 9.28. The molecule has 28 heavy (non-hydrogen) atoms. The summed E-state index contributed by atoms with van der Waals surface area (Å²) in [7, 11) is 4.87. The summed E-state index contributed by atoms with van der Waals surface area (Å²) < 4.78 is 16.0. The topological polar surface area (TPSA) is 63.3 Å². The second-order valence-electron chi connectivity index (χ2n) is 6.46. The Bertz CT molecular complexity index is 804. The van der Waals surface area contributed by atoms with E-state index in [1.807, 2.05) is 41.3 Å². The van der Waals surface area contributed by atoms with E-state index < -0.39 is 0 Å². The smallest absolute Gasteiger partial charge is 0.241 e. The molecule has 1 saturated heterocycles. The van der Waals surface area contributed by atoms with Crippen molar-refractivity contribution in [1.29, 1.82) is 0 Å². The number of carbonyl (C=O) groups excluding carboxylic acids is 1. The van der Waals surface area contributed by atoms with E-state index >= 15 is 0 Å². The van der Waals surface area contributed by atoms with E-state index in [0.29, 0.717) is 24.6 Å². The molecule has 2 aromatic carbocycles. The highest BCUT2D eigenvalue weighted by Gasteiger charge is 2.22. The fraction of sp³-hybridized carbons (Fsp3) is 0.381. The van der Waals surface area contributed by atoms with E-state index in [-0.39, 0.29) is 12.5 Å². The molecule has 3 rings (SSSR count). The van der Waals surface area contributed by atoms with Crippen LogP contribution in [0, 0.1) is 0 Å². The van der Waals surface area contributed by atoms with Crippen LogP contribution in [0.5, 0.6) is 17.2 Å². The fourth-order valence-electron chi connectivity index (χ4n) is 3.32. The summed E-state index contributed by atoms with van der Waals surface area (Å²) in [6.45, 7) is 3.17. The van der Waals surface area contributed by atoms with Gasteiger partial charge in [-0.2, -0.15) is 0 Å². The lowest BCUT2D eigenvalue weighted by Crippen LogP contribution is -2.50. The Labute approximate surface area is 165 Å². The number of hydrogen-bond acceptors (Lipinski definition) is 6. The number of methoxy groups -OCH3 is 3. The van der Waals surface area contributed by atoms with Gasteiger partial charge in [-0.1, -0.05) is 12.1 Å². The number of benzene rings is 2. The molecule has 1 fully saturated rings. The van der Waals surface area contributed by atoms with Crippen molar-refractivity contribution in [1.82, 2.24) is 4.90 Å². The summed E-state index contributed by atoms with van der Waals surface area (Å²) in [6, 6.07) is 13.5. The molecule has 1 heterocycles. The highest BCUT2D eigenvalue weighted by Crippen LogP contribution is 2.30. The molecule has 7 heteroatoms. The predicted octanol–water partition coefficient (Wildman–Crippen LogP) is 2.47. The zero-order valence-corrected chi connectivity index (χ0v) is 16.6. The van der Waals surface area contributed by atoms with Crippen molar-refractivity contribution in [3.8, 4) is 17.2 Å². The molecular weight excluding hydrogens is 358 g/mol. The lowest BCUT2D eigenvalue weighted by molar-refractivity contribution is -0.129. The summed E-state index contributed by atoms with van der Waals surface area (Å²) in [5, 5.41) is 3.17. The van der Waals surface area contributed by atoms with Crippen LogP contribution in [0.1, 0.15) is 0 Å². The normalized spacial score (nSPS) is 13.8. The largest absolute Gasteiger partial charge is 0.495 e. The number of amides is 1. The van der Waals surface area contributed by atoms with Gasteiger partial charge in [0.1, 0.15) is 5.75 Å². The number of piperazine rings is 1. The van der Waals surface area contributed by atoms with Crippen LogP contribution < -0.4 is 24.4 Å². The first-order chi connectivity index (χ1) is 13.7. The quantitative estimate of drug-likeness (QED) is 0.790. The van der Waals surface area contributed by atoms with Crippen LogP contribution in [-0.2, 0) is 4.79 Å². The van der Waals surface area contributed by atoms with Crippen molar-refractivity contribution in [3.63, 3.8) is 0 Å². The molecule has 0 unspecified atom stereocenters. The van der Waals surface area contributed by atoms with Crippen molar-refractivity contribution < 1.29 is 19.0 Å². The van der Waals surface area contributed by atoms with E-state index in [0.717, 1.165) is 30.2 Å². The molecule has 0 aromatic heterocycles. The fourth-order valence-corrected chi connectivity index (χ4v) is 3.32. The van der Waals surface area contributed by atoms with Crippen LogP contribution in [0.3, 0.4) is 0 Å². The third kappa shape index (κ3) is 4.42. The van der Waals surface area contributed by atoms with Gasteiger partial charge in [-0.3, -0.25) is 4.79 Å². The molecule has 0 aliphatic carbocycles. The Morgan fingerprint density at radius 2 is 1.57 bits per heavy atom. The number of carbonyl (C=O) groups is 1. The predicted molar refractivity (Wildman–Crippen MR) is 110 cm³/mol. The number of para-hydroxylation sites is 2. The molecule has 0 atom stereocenters. The zero-order chi connectivity index (χ0) is 19.9. The molecule has 150 valence electrons. The van der Waals surface area contributed by atoms with Crippen LogP contribution in [-0.4, -0.2) is 64.9 Å². The van der Waals surface area contributed by atoms with Gasteiger partial charge in [0.2, 0.25) is 5.91 Å². The Morgan fingerprint density at radius 3 is 2.25 bits per heavy atom. The van der Waals surface area contributed by atoms with Gasteiger partial charge in [0.25, 0.3) is 0 Å². The second kappa shape index (κ2) is 9.21. The number of nitrogens with one attached hydrogen (secondary N) is 1. The lowest BCUT2D eigenvalue weighted by atomic mass is 10.2. The maximum absolute atomic E-state index is 12.6. The second-order valence-corrected chi connectivity index (χ2v) is 6.46. The molecule has 2 aromatic rings. The summed E-state index contributed by atoms with van der Waals surface area (Å²) >= 11 is 0. The monoisotopic (exact) mass is 385 g/mol. The van der Waals surface area contributed by atoms with Crippen LogP contribution in [0.25, 0.3) is 0 Å². The Kier molecular flexibility index (Phi) is 6.47. The molecule has 0 bridgehead atoms. The molecule has 1 aliphatic heterocycles. The molecule has 0 spiro atoms. The SMILES string of the molecule is COc1ccc(NCC(=O)N2CCN(c3ccccc3OC)CC2)cc1OC. The Hall–Kier alpha value is -3.09. The molecule has 0 saturated carbocycles. The van der Waals surface area contributed by atoms with Gasteiger partial charge in [0.15, 0.2) is 11.5 Å². The van der Waals surface area contributed by atoms with Crippen molar-refractivity contribution in [3.05, 3.63) is 42.5 Å². The standard InChI is InChI=1S/C21H27N3O4/c1-26-18-7-5-4-6-17(18)23-10-12-24(13-11-23)21(25)15-22-16-8-9-19(27-2)20(14-16)28-3/h4-9,14,22H,10-13,15H2,1-3H3. The van der Waals surface area contributed by atoms with E-state index in [2.05, 4.69) is 16.3 Å². The number of ether oxygens (including phenoxy) is 3. The van der Waals surface area contributed by atoms with Gasteiger partial charge >= 0.3 is 0 Å². The van der Waals surface area contributed by atoms with E-state index in [9.17, 15) is 4.79 Å². The maximum Gasteiger partial charge on any atom is 0.241 e. The third-order valence-corrected chi connectivity index (χ3v) is 4.89. The highest BCUT2D eigenvalue weighted by molar-refractivity contribution is 5.81. The summed E-state index contributed by atoms with van der Waals surface area (Å²) in [5.74, 6) is 2.23. The van der Waals surface area contributed by atoms with Crippen LogP contribution in [0.2, 0.25) is 0 Å². The first kappa shape index (κ1) is 19.7. The molecule has 0 radical (unpaired) electrons. The Balaban J connectivity index is 1.53. The van der Waals surface area contributed by atoms with Crippen molar-refractivity contribution >= 4 is 17.3 Å². The van der Waals surface area contributed by atoms with Gasteiger partial charge in [0, 0.05) is 37.9 Å². The molecular formula is C21H27N3O4. The lowest BCUT2D eigenvalue weighted by Gasteiger charge is -2.36. The van der Waals surface area contributed by atoms with E-state index in [4.69, 9.17) is 14.2 Å². The van der Waals surface area contributed by atoms with Crippen molar-refractivity contribution in [2.75, 3.05) is 64.3 Å². The summed E-state index contributed by atoms with van der Waals surface area (Å²) in [4.78, 5) is 16.7. The van der Waals surface area contributed by atoms with Gasteiger partial charge in [-0.15, -0.1) is 0 Å².